The van der Waals surface area contributed by atoms with Crippen LogP contribution in [0.5, 0.6) is 0 Å². The fourth-order valence-electron chi connectivity index (χ4n) is 3.75. The molecule has 2 aliphatic carbocycles. The maximum Gasteiger partial charge on any atom is 0.128 e. The van der Waals surface area contributed by atoms with E-state index in [0.29, 0.717) is 0 Å². The minimum Gasteiger partial charge on any atom is -0.368 e. The zero-order chi connectivity index (χ0) is 18.5. The standard InChI is InChI=1S/C19H14O.C6H7N/c20-12-14-5-3-7-17-16(14)10-11-18-15-6-2-1-4-13(15)8-9-19(17)18;1-2-4-6-7-5-3-1/h1-2,4,6-7,9-11H,3,5,8H2;1-7H. The van der Waals surface area contributed by atoms with Crippen LogP contribution in [0.3, 0.4) is 0 Å². The van der Waals surface area contributed by atoms with Crippen LogP contribution in [0.25, 0.3) is 28.9 Å². The molecule has 0 saturated carbocycles. The summed E-state index contributed by atoms with van der Waals surface area (Å²) in [5.74, 6) is 2.12. The Bertz CT molecular complexity index is 1110. The number of fused-ring (bicyclic) bond motifs is 5. The first-order valence-corrected chi connectivity index (χ1v) is 9.29. The minimum absolute atomic E-state index is 0.811. The lowest BCUT2D eigenvalue weighted by atomic mass is 9.85. The Hall–Kier alpha value is -3.35. The summed E-state index contributed by atoms with van der Waals surface area (Å²) in [6.45, 7) is 0. The van der Waals surface area contributed by atoms with Crippen LogP contribution in [0.1, 0.15) is 24.0 Å². The molecule has 0 unspecified atom stereocenters. The van der Waals surface area contributed by atoms with Gasteiger partial charge in [0.1, 0.15) is 5.94 Å². The summed E-state index contributed by atoms with van der Waals surface area (Å²) in [6, 6.07) is 12.8. The Morgan fingerprint density at radius 1 is 0.778 bits per heavy atom. The van der Waals surface area contributed by atoms with Crippen LogP contribution >= 0.6 is 0 Å². The van der Waals surface area contributed by atoms with E-state index in [1.165, 1.54) is 27.1 Å². The molecule has 132 valence electrons. The van der Waals surface area contributed by atoms with Gasteiger partial charge in [0, 0.05) is 18.0 Å². The second-order valence-electron chi connectivity index (χ2n) is 6.65. The third-order valence-electron chi connectivity index (χ3n) is 5.03. The fraction of sp³-hybridized carbons (Fsp3) is 0.120. The van der Waals surface area contributed by atoms with Gasteiger partial charge in [-0.3, -0.25) is 0 Å². The molecular formula is C25H21NO. The van der Waals surface area contributed by atoms with Gasteiger partial charge >= 0.3 is 0 Å². The molecule has 0 fully saturated rings. The van der Waals surface area contributed by atoms with Crippen LogP contribution < -0.4 is 15.8 Å². The van der Waals surface area contributed by atoms with Crippen molar-refractivity contribution >= 4 is 23.7 Å². The normalized spacial score (nSPS) is 15.3. The van der Waals surface area contributed by atoms with Crippen molar-refractivity contribution in [3.8, 4) is 11.1 Å². The van der Waals surface area contributed by atoms with Crippen LogP contribution in [0.15, 0.2) is 73.1 Å². The van der Waals surface area contributed by atoms with Crippen molar-refractivity contribution in [3.63, 3.8) is 0 Å². The second-order valence-corrected chi connectivity index (χ2v) is 6.65. The topological polar surface area (TPSA) is 29.1 Å². The number of allylic oxidation sites excluding steroid dienone is 5. The van der Waals surface area contributed by atoms with Crippen LogP contribution in [-0.2, 0) is 11.2 Å². The van der Waals surface area contributed by atoms with Crippen LogP contribution in [0.2, 0.25) is 0 Å². The molecule has 2 aromatic rings. The number of rotatable bonds is 0. The molecule has 0 aromatic heterocycles. The molecule has 0 atom stereocenters. The van der Waals surface area contributed by atoms with Gasteiger partial charge in [-0.2, -0.15) is 0 Å². The molecule has 1 heterocycles. The summed E-state index contributed by atoms with van der Waals surface area (Å²) in [6.07, 6.45) is 18.8. The molecule has 0 amide bonds. The third-order valence-corrected chi connectivity index (χ3v) is 5.03. The Kier molecular flexibility index (Phi) is 5.00. The van der Waals surface area contributed by atoms with Crippen molar-refractivity contribution in [2.75, 3.05) is 0 Å². The summed E-state index contributed by atoms with van der Waals surface area (Å²) in [7, 11) is 0. The number of benzene rings is 2. The highest BCUT2D eigenvalue weighted by molar-refractivity contribution is 5.90. The SMILES string of the molecule is C1=CC=CNC=C1.O=C=C1CCC=c2c1ccc1c2=CCc2ccccc2-1. The summed E-state index contributed by atoms with van der Waals surface area (Å²) in [5, 5.41) is 5.43. The van der Waals surface area contributed by atoms with Crippen molar-refractivity contribution in [3.05, 3.63) is 94.7 Å². The maximum absolute atomic E-state index is 11.1. The lowest BCUT2D eigenvalue weighted by Gasteiger charge is -2.18. The number of hydrogen-bond acceptors (Lipinski definition) is 2. The molecular weight excluding hydrogens is 330 g/mol. The highest BCUT2D eigenvalue weighted by Gasteiger charge is 2.16. The van der Waals surface area contributed by atoms with Gasteiger partial charge in [0.25, 0.3) is 0 Å². The van der Waals surface area contributed by atoms with Crippen molar-refractivity contribution in [1.82, 2.24) is 5.32 Å². The highest BCUT2D eigenvalue weighted by atomic mass is 16.1. The van der Waals surface area contributed by atoms with Gasteiger partial charge in [-0.1, -0.05) is 60.7 Å². The van der Waals surface area contributed by atoms with Gasteiger partial charge in [0.15, 0.2) is 0 Å². The average Bonchev–Trinajstić information content (AvgIpc) is 3.06. The van der Waals surface area contributed by atoms with Crippen molar-refractivity contribution in [2.24, 2.45) is 0 Å². The molecule has 27 heavy (non-hydrogen) atoms. The summed E-state index contributed by atoms with van der Waals surface area (Å²) in [4.78, 5) is 11.1. The molecule has 5 rings (SSSR count). The van der Waals surface area contributed by atoms with E-state index in [0.717, 1.165) is 30.4 Å². The number of hydrogen-bond donors (Lipinski definition) is 1. The van der Waals surface area contributed by atoms with Crippen molar-refractivity contribution < 1.29 is 4.79 Å². The largest absolute Gasteiger partial charge is 0.368 e. The van der Waals surface area contributed by atoms with E-state index in [9.17, 15) is 4.79 Å². The highest BCUT2D eigenvalue weighted by Crippen LogP contribution is 2.26. The first-order valence-electron chi connectivity index (χ1n) is 9.29. The van der Waals surface area contributed by atoms with E-state index < -0.39 is 0 Å². The molecule has 2 nitrogen and oxygen atoms in total. The summed E-state index contributed by atoms with van der Waals surface area (Å²) >= 11 is 0. The zero-order valence-corrected chi connectivity index (χ0v) is 15.1. The van der Waals surface area contributed by atoms with Crippen molar-refractivity contribution in [1.29, 1.82) is 0 Å². The van der Waals surface area contributed by atoms with E-state index in [2.05, 4.69) is 59.8 Å². The Morgan fingerprint density at radius 3 is 2.33 bits per heavy atom. The molecule has 1 aliphatic heterocycles. The number of carbonyl (C=O) groups excluding carboxylic acids is 1. The number of nitrogens with one attached hydrogen (secondary N) is 1. The van der Waals surface area contributed by atoms with E-state index in [4.69, 9.17) is 0 Å². The van der Waals surface area contributed by atoms with Crippen LogP contribution in [0.4, 0.5) is 0 Å². The molecule has 3 aliphatic rings. The minimum atomic E-state index is 0.811. The molecule has 0 bridgehead atoms. The smallest absolute Gasteiger partial charge is 0.128 e. The summed E-state index contributed by atoms with van der Waals surface area (Å²) < 4.78 is 0. The molecule has 2 heteroatoms. The zero-order valence-electron chi connectivity index (χ0n) is 15.1. The lowest BCUT2D eigenvalue weighted by molar-refractivity contribution is 0.569. The van der Waals surface area contributed by atoms with E-state index >= 15 is 0 Å². The molecule has 0 radical (unpaired) electrons. The molecule has 1 N–H and O–H groups in total. The van der Waals surface area contributed by atoms with Gasteiger partial charge in [-0.25, -0.2) is 4.79 Å². The van der Waals surface area contributed by atoms with Gasteiger partial charge in [-0.05, 0) is 64.1 Å². The van der Waals surface area contributed by atoms with Crippen molar-refractivity contribution in [2.45, 2.75) is 19.3 Å². The molecule has 0 spiro atoms. The first-order chi connectivity index (χ1) is 13.4. The van der Waals surface area contributed by atoms with E-state index in [-0.39, 0.29) is 0 Å². The average molecular weight is 351 g/mol. The lowest BCUT2D eigenvalue weighted by Crippen LogP contribution is -2.33. The quantitative estimate of drug-likeness (QED) is 0.734. The Labute approximate surface area is 159 Å². The second kappa shape index (κ2) is 7.90. The monoisotopic (exact) mass is 351 g/mol. The van der Waals surface area contributed by atoms with Gasteiger partial charge in [0.05, 0.1) is 0 Å². The molecule has 0 saturated heterocycles. The van der Waals surface area contributed by atoms with Gasteiger partial charge < -0.3 is 5.32 Å². The third kappa shape index (κ3) is 3.48. The van der Waals surface area contributed by atoms with E-state index in [1.54, 1.807) is 0 Å². The first kappa shape index (κ1) is 17.1. The van der Waals surface area contributed by atoms with Crippen LogP contribution in [-0.4, -0.2) is 5.94 Å². The fourth-order valence-corrected chi connectivity index (χ4v) is 3.75. The van der Waals surface area contributed by atoms with E-state index in [1.807, 2.05) is 36.7 Å². The maximum atomic E-state index is 11.1. The predicted octanol–water partition coefficient (Wildman–Crippen LogP) is 3.65. The van der Waals surface area contributed by atoms with Gasteiger partial charge in [0.2, 0.25) is 0 Å². The Morgan fingerprint density at radius 2 is 1.52 bits per heavy atom. The molecule has 2 aromatic carbocycles. The van der Waals surface area contributed by atoms with Gasteiger partial charge in [-0.15, -0.1) is 0 Å². The summed E-state index contributed by atoms with van der Waals surface area (Å²) in [5.41, 5.74) is 5.87. The van der Waals surface area contributed by atoms with Crippen LogP contribution in [0, 0.1) is 0 Å². The Balaban J connectivity index is 0.000000218. The predicted molar refractivity (Wildman–Crippen MR) is 113 cm³/mol.